The Bertz CT molecular complexity index is 374. The number of methoxy groups -OCH3 is 1. The molecule has 1 saturated carbocycles. The summed E-state index contributed by atoms with van der Waals surface area (Å²) < 4.78 is 5.93. The van der Waals surface area contributed by atoms with Gasteiger partial charge in [-0.1, -0.05) is 6.92 Å². The minimum atomic E-state index is -0.342. The van der Waals surface area contributed by atoms with Crippen LogP contribution in [0.5, 0.6) is 0 Å². The van der Waals surface area contributed by atoms with E-state index in [0.29, 0.717) is 5.92 Å². The van der Waals surface area contributed by atoms with Crippen LogP contribution in [0.2, 0.25) is 0 Å². The van der Waals surface area contributed by atoms with Gasteiger partial charge >= 0.3 is 5.97 Å². The van der Waals surface area contributed by atoms with Crippen LogP contribution in [0, 0.1) is 5.92 Å². The van der Waals surface area contributed by atoms with Gasteiger partial charge in [0.15, 0.2) is 0 Å². The SMILES string of the molecule is COC(=O)C1(c2ccc(Br)s2)CC1C. The Kier molecular flexibility index (Phi) is 2.43. The molecule has 0 bridgehead atoms. The van der Waals surface area contributed by atoms with Crippen LogP contribution < -0.4 is 0 Å². The maximum atomic E-state index is 11.7. The van der Waals surface area contributed by atoms with Crippen LogP contribution in [0.1, 0.15) is 18.2 Å². The topological polar surface area (TPSA) is 26.3 Å². The average Bonchev–Trinajstić information content (AvgIpc) is 2.64. The summed E-state index contributed by atoms with van der Waals surface area (Å²) in [5.41, 5.74) is -0.342. The van der Waals surface area contributed by atoms with Crippen molar-refractivity contribution in [2.24, 2.45) is 5.92 Å². The van der Waals surface area contributed by atoms with E-state index < -0.39 is 0 Å². The Morgan fingerprint density at radius 1 is 1.71 bits per heavy atom. The van der Waals surface area contributed by atoms with Gasteiger partial charge in [0.2, 0.25) is 0 Å². The van der Waals surface area contributed by atoms with E-state index in [-0.39, 0.29) is 11.4 Å². The molecule has 2 unspecified atom stereocenters. The summed E-state index contributed by atoms with van der Waals surface area (Å²) in [4.78, 5) is 12.8. The van der Waals surface area contributed by atoms with Crippen molar-refractivity contribution in [1.29, 1.82) is 0 Å². The monoisotopic (exact) mass is 274 g/mol. The fraction of sp³-hybridized carbons (Fsp3) is 0.500. The summed E-state index contributed by atoms with van der Waals surface area (Å²) in [6.45, 7) is 2.09. The second-order valence-electron chi connectivity index (χ2n) is 3.67. The van der Waals surface area contributed by atoms with Gasteiger partial charge in [-0.05, 0) is 40.4 Å². The lowest BCUT2D eigenvalue weighted by atomic mass is 10.0. The van der Waals surface area contributed by atoms with E-state index in [0.717, 1.165) is 15.1 Å². The van der Waals surface area contributed by atoms with Gasteiger partial charge in [0.25, 0.3) is 0 Å². The van der Waals surface area contributed by atoms with Gasteiger partial charge in [0.05, 0.1) is 10.9 Å². The van der Waals surface area contributed by atoms with Crippen LogP contribution in [0.25, 0.3) is 0 Å². The van der Waals surface area contributed by atoms with Gasteiger partial charge in [-0.25, -0.2) is 0 Å². The fourth-order valence-corrected chi connectivity index (χ4v) is 3.58. The van der Waals surface area contributed by atoms with Crippen molar-refractivity contribution in [2.75, 3.05) is 7.11 Å². The van der Waals surface area contributed by atoms with Crippen molar-refractivity contribution < 1.29 is 9.53 Å². The number of hydrogen-bond acceptors (Lipinski definition) is 3. The molecule has 14 heavy (non-hydrogen) atoms. The number of carbonyl (C=O) groups is 1. The summed E-state index contributed by atoms with van der Waals surface area (Å²) in [6, 6.07) is 3.99. The zero-order chi connectivity index (χ0) is 10.3. The molecule has 4 heteroatoms. The molecule has 0 radical (unpaired) electrons. The van der Waals surface area contributed by atoms with Crippen LogP contribution >= 0.6 is 27.3 Å². The molecule has 0 aromatic carbocycles. The number of ether oxygens (including phenoxy) is 1. The molecule has 2 nitrogen and oxygen atoms in total. The van der Waals surface area contributed by atoms with Crippen molar-refractivity contribution in [2.45, 2.75) is 18.8 Å². The number of thiophene rings is 1. The molecule has 2 atom stereocenters. The molecule has 1 heterocycles. The van der Waals surface area contributed by atoms with Crippen molar-refractivity contribution in [3.63, 3.8) is 0 Å². The molecule has 0 N–H and O–H groups in total. The number of rotatable bonds is 2. The smallest absolute Gasteiger partial charge is 0.317 e. The molecule has 0 spiro atoms. The Labute approximate surface area is 95.4 Å². The Morgan fingerprint density at radius 2 is 2.36 bits per heavy atom. The zero-order valence-electron chi connectivity index (χ0n) is 8.04. The van der Waals surface area contributed by atoms with E-state index in [1.54, 1.807) is 11.3 Å². The first-order chi connectivity index (χ1) is 6.61. The molecule has 1 aromatic heterocycles. The van der Waals surface area contributed by atoms with Crippen LogP contribution in [-0.2, 0) is 14.9 Å². The number of carbonyl (C=O) groups excluding carboxylic acids is 1. The van der Waals surface area contributed by atoms with Crippen molar-refractivity contribution in [3.05, 3.63) is 20.8 Å². The second-order valence-corrected chi connectivity index (χ2v) is 6.13. The number of halogens is 1. The normalized spacial score (nSPS) is 30.1. The molecule has 1 aliphatic rings. The highest BCUT2D eigenvalue weighted by Gasteiger charge is 2.60. The molecule has 1 aliphatic carbocycles. The summed E-state index contributed by atoms with van der Waals surface area (Å²) in [5, 5.41) is 0. The number of hydrogen-bond donors (Lipinski definition) is 0. The lowest BCUT2D eigenvalue weighted by Crippen LogP contribution is -2.22. The minimum absolute atomic E-state index is 0.0978. The first-order valence-corrected chi connectivity index (χ1v) is 6.06. The first kappa shape index (κ1) is 10.2. The van der Waals surface area contributed by atoms with Crippen LogP contribution in [-0.4, -0.2) is 13.1 Å². The summed E-state index contributed by atoms with van der Waals surface area (Å²) >= 11 is 5.03. The lowest BCUT2D eigenvalue weighted by molar-refractivity contribution is -0.144. The van der Waals surface area contributed by atoms with Crippen molar-refractivity contribution in [3.8, 4) is 0 Å². The maximum Gasteiger partial charge on any atom is 0.317 e. The van der Waals surface area contributed by atoms with E-state index in [2.05, 4.69) is 22.9 Å². The second kappa shape index (κ2) is 3.35. The molecule has 0 amide bonds. The molecule has 1 fully saturated rings. The van der Waals surface area contributed by atoms with Gasteiger partial charge in [-0.2, -0.15) is 0 Å². The predicted octanol–water partition coefficient (Wildman–Crippen LogP) is 2.96. The van der Waals surface area contributed by atoms with Gasteiger partial charge in [0, 0.05) is 4.88 Å². The number of esters is 1. The van der Waals surface area contributed by atoms with E-state index in [4.69, 9.17) is 4.74 Å². The molecule has 2 rings (SSSR count). The van der Waals surface area contributed by atoms with Gasteiger partial charge < -0.3 is 4.74 Å². The van der Waals surface area contributed by atoms with Crippen molar-refractivity contribution >= 4 is 33.2 Å². The summed E-state index contributed by atoms with van der Waals surface area (Å²) in [7, 11) is 1.46. The highest BCUT2D eigenvalue weighted by Crippen LogP contribution is 2.56. The standard InChI is InChI=1S/C10H11BrO2S/c1-6-5-10(6,9(12)13-2)7-3-4-8(11)14-7/h3-4,6H,5H2,1-2H3. The van der Waals surface area contributed by atoms with E-state index >= 15 is 0 Å². The summed E-state index contributed by atoms with van der Waals surface area (Å²) in [6.07, 6.45) is 0.909. The van der Waals surface area contributed by atoms with Crippen molar-refractivity contribution in [1.82, 2.24) is 0 Å². The quantitative estimate of drug-likeness (QED) is 0.776. The van der Waals surface area contributed by atoms with Crippen LogP contribution in [0.4, 0.5) is 0 Å². The maximum absolute atomic E-state index is 11.7. The molecule has 76 valence electrons. The zero-order valence-corrected chi connectivity index (χ0v) is 10.4. The molecule has 0 aliphatic heterocycles. The average molecular weight is 275 g/mol. The van der Waals surface area contributed by atoms with E-state index in [1.165, 1.54) is 7.11 Å². The molecule has 0 saturated heterocycles. The third kappa shape index (κ3) is 1.32. The van der Waals surface area contributed by atoms with E-state index in [1.807, 2.05) is 12.1 Å². The van der Waals surface area contributed by atoms with Gasteiger partial charge in [-0.15, -0.1) is 11.3 Å². The molecular formula is C10H11BrO2S. The van der Waals surface area contributed by atoms with Crippen LogP contribution in [0.15, 0.2) is 15.9 Å². The lowest BCUT2D eigenvalue weighted by Gasteiger charge is -2.11. The Hall–Kier alpha value is -0.350. The Balaban J connectivity index is 2.35. The first-order valence-electron chi connectivity index (χ1n) is 4.45. The van der Waals surface area contributed by atoms with Gasteiger partial charge in [-0.3, -0.25) is 4.79 Å². The molecule has 1 aromatic rings. The third-order valence-corrected chi connectivity index (χ3v) is 4.67. The van der Waals surface area contributed by atoms with Crippen LogP contribution in [0.3, 0.4) is 0 Å². The minimum Gasteiger partial charge on any atom is -0.468 e. The Morgan fingerprint density at radius 3 is 2.71 bits per heavy atom. The largest absolute Gasteiger partial charge is 0.468 e. The summed E-state index contributed by atoms with van der Waals surface area (Å²) in [5.74, 6) is 0.305. The molecular weight excluding hydrogens is 264 g/mol. The highest BCUT2D eigenvalue weighted by atomic mass is 79.9. The highest BCUT2D eigenvalue weighted by molar-refractivity contribution is 9.11. The third-order valence-electron chi connectivity index (χ3n) is 2.87. The fourth-order valence-electron chi connectivity index (χ4n) is 1.89. The predicted molar refractivity (Wildman–Crippen MR) is 59.5 cm³/mol. The van der Waals surface area contributed by atoms with Gasteiger partial charge in [0.1, 0.15) is 5.41 Å². The van der Waals surface area contributed by atoms with E-state index in [9.17, 15) is 4.79 Å².